The molecule has 0 aromatic rings. The van der Waals surface area contributed by atoms with E-state index in [0.29, 0.717) is 12.6 Å². The van der Waals surface area contributed by atoms with Gasteiger partial charge in [-0.05, 0) is 49.8 Å². The SMILES string of the molecule is CSC[C@H](CCO)NC[C@@H]1C[C@H]2C=C[C@H]1C2. The maximum atomic E-state index is 9.00. The summed E-state index contributed by atoms with van der Waals surface area (Å²) < 4.78 is 0. The number of hydrogen-bond donors (Lipinski definition) is 2. The lowest BCUT2D eigenvalue weighted by Gasteiger charge is -2.23. The Morgan fingerprint density at radius 3 is 2.88 bits per heavy atom. The van der Waals surface area contributed by atoms with Crippen molar-refractivity contribution in [3.8, 4) is 0 Å². The highest BCUT2D eigenvalue weighted by atomic mass is 32.2. The first-order chi connectivity index (χ1) is 7.83. The van der Waals surface area contributed by atoms with E-state index < -0.39 is 0 Å². The fourth-order valence-corrected chi connectivity index (χ4v) is 3.74. The fourth-order valence-electron chi connectivity index (χ4n) is 3.05. The molecule has 2 N–H and O–H groups in total. The van der Waals surface area contributed by atoms with Crippen LogP contribution < -0.4 is 5.32 Å². The highest BCUT2D eigenvalue weighted by Crippen LogP contribution is 2.42. The second-order valence-corrected chi connectivity index (χ2v) is 6.02. The molecule has 0 aromatic heterocycles. The van der Waals surface area contributed by atoms with Gasteiger partial charge in [0, 0.05) is 18.4 Å². The molecule has 1 saturated carbocycles. The molecule has 0 aromatic carbocycles. The Bertz CT molecular complexity index is 238. The van der Waals surface area contributed by atoms with Crippen LogP contribution >= 0.6 is 11.8 Å². The molecular weight excluding hydrogens is 218 g/mol. The van der Waals surface area contributed by atoms with Crippen LogP contribution in [0, 0.1) is 17.8 Å². The third-order valence-electron chi connectivity index (χ3n) is 3.93. The summed E-state index contributed by atoms with van der Waals surface area (Å²) in [5, 5.41) is 12.6. The number of aliphatic hydroxyl groups is 1. The number of allylic oxidation sites excluding steroid dienone is 2. The van der Waals surface area contributed by atoms with E-state index in [2.05, 4.69) is 23.7 Å². The molecule has 92 valence electrons. The average molecular weight is 241 g/mol. The smallest absolute Gasteiger partial charge is 0.0446 e. The zero-order valence-corrected chi connectivity index (χ0v) is 10.9. The van der Waals surface area contributed by atoms with Crippen molar-refractivity contribution in [1.29, 1.82) is 0 Å². The molecule has 4 atom stereocenters. The Morgan fingerprint density at radius 2 is 2.31 bits per heavy atom. The number of hydrogen-bond acceptors (Lipinski definition) is 3. The van der Waals surface area contributed by atoms with E-state index in [1.165, 1.54) is 12.8 Å². The van der Waals surface area contributed by atoms with Gasteiger partial charge in [-0.3, -0.25) is 0 Å². The van der Waals surface area contributed by atoms with Gasteiger partial charge in [0.15, 0.2) is 0 Å². The molecule has 16 heavy (non-hydrogen) atoms. The van der Waals surface area contributed by atoms with Crippen LogP contribution in [0.3, 0.4) is 0 Å². The first kappa shape index (κ1) is 12.5. The lowest BCUT2D eigenvalue weighted by atomic mass is 9.93. The molecule has 2 rings (SSSR count). The topological polar surface area (TPSA) is 32.3 Å². The predicted molar refractivity (Wildman–Crippen MR) is 70.7 cm³/mol. The Kier molecular flexibility index (Phi) is 4.74. The molecule has 2 nitrogen and oxygen atoms in total. The Morgan fingerprint density at radius 1 is 1.44 bits per heavy atom. The minimum Gasteiger partial charge on any atom is -0.396 e. The molecule has 0 unspecified atom stereocenters. The van der Waals surface area contributed by atoms with E-state index in [0.717, 1.165) is 36.5 Å². The molecule has 2 aliphatic rings. The molecule has 2 bridgehead atoms. The summed E-state index contributed by atoms with van der Waals surface area (Å²) in [4.78, 5) is 0. The number of rotatable bonds is 7. The van der Waals surface area contributed by atoms with E-state index in [1.807, 2.05) is 11.8 Å². The Labute approximate surface area is 103 Å². The minimum atomic E-state index is 0.300. The number of aliphatic hydroxyl groups excluding tert-OH is 1. The summed E-state index contributed by atoms with van der Waals surface area (Å²) in [6.45, 7) is 1.44. The quantitative estimate of drug-likeness (QED) is 0.668. The largest absolute Gasteiger partial charge is 0.396 e. The lowest BCUT2D eigenvalue weighted by Crippen LogP contribution is -2.37. The van der Waals surface area contributed by atoms with Crippen molar-refractivity contribution in [2.45, 2.75) is 25.3 Å². The third-order valence-corrected chi connectivity index (χ3v) is 4.67. The molecule has 0 amide bonds. The van der Waals surface area contributed by atoms with Gasteiger partial charge >= 0.3 is 0 Å². The number of fused-ring (bicyclic) bond motifs is 2. The molecule has 0 aliphatic heterocycles. The highest BCUT2D eigenvalue weighted by molar-refractivity contribution is 7.98. The first-order valence-corrected chi connectivity index (χ1v) is 7.74. The normalized spacial score (nSPS) is 33.5. The molecular formula is C13H23NOS. The summed E-state index contributed by atoms with van der Waals surface area (Å²) in [6, 6.07) is 0.489. The summed E-state index contributed by atoms with van der Waals surface area (Å²) in [5.74, 6) is 3.66. The number of thioether (sulfide) groups is 1. The van der Waals surface area contributed by atoms with Gasteiger partial charge in [-0.25, -0.2) is 0 Å². The maximum Gasteiger partial charge on any atom is 0.0446 e. The minimum absolute atomic E-state index is 0.300. The highest BCUT2D eigenvalue weighted by Gasteiger charge is 2.35. The van der Waals surface area contributed by atoms with Crippen LogP contribution in [0.1, 0.15) is 19.3 Å². The summed E-state index contributed by atoms with van der Waals surface area (Å²) in [5.41, 5.74) is 0. The van der Waals surface area contributed by atoms with Crippen molar-refractivity contribution in [3.63, 3.8) is 0 Å². The van der Waals surface area contributed by atoms with Gasteiger partial charge in [0.05, 0.1) is 0 Å². The molecule has 2 aliphatic carbocycles. The van der Waals surface area contributed by atoms with Crippen LogP contribution in [0.4, 0.5) is 0 Å². The van der Waals surface area contributed by atoms with Crippen LogP contribution in [-0.4, -0.2) is 36.3 Å². The molecule has 1 fully saturated rings. The summed E-state index contributed by atoms with van der Waals surface area (Å²) >= 11 is 1.86. The average Bonchev–Trinajstić information content (AvgIpc) is 2.88. The molecule has 0 heterocycles. The van der Waals surface area contributed by atoms with Crippen molar-refractivity contribution in [2.75, 3.05) is 25.2 Å². The van der Waals surface area contributed by atoms with Gasteiger partial charge in [0.2, 0.25) is 0 Å². The maximum absolute atomic E-state index is 9.00. The van der Waals surface area contributed by atoms with E-state index in [4.69, 9.17) is 5.11 Å². The second-order valence-electron chi connectivity index (χ2n) is 5.11. The molecule has 0 spiro atoms. The zero-order valence-electron chi connectivity index (χ0n) is 10.1. The van der Waals surface area contributed by atoms with E-state index in [9.17, 15) is 0 Å². The molecule has 0 radical (unpaired) electrons. The van der Waals surface area contributed by atoms with Crippen LogP contribution in [0.2, 0.25) is 0 Å². The van der Waals surface area contributed by atoms with Gasteiger partial charge in [-0.15, -0.1) is 0 Å². The summed E-state index contributed by atoms with van der Waals surface area (Å²) in [7, 11) is 0. The Hall–Kier alpha value is 0.0100. The first-order valence-electron chi connectivity index (χ1n) is 6.35. The van der Waals surface area contributed by atoms with E-state index >= 15 is 0 Å². The van der Waals surface area contributed by atoms with Crippen molar-refractivity contribution in [1.82, 2.24) is 5.32 Å². The van der Waals surface area contributed by atoms with E-state index in [1.54, 1.807) is 0 Å². The summed E-state index contributed by atoms with van der Waals surface area (Å²) in [6.07, 6.45) is 10.6. The standard InChI is InChI=1S/C13H23NOS/c1-16-9-13(4-5-15)14-8-12-7-10-2-3-11(12)6-10/h2-3,10-15H,4-9H2,1H3/t10-,11-,12-,13-/m0/s1. The van der Waals surface area contributed by atoms with Crippen molar-refractivity contribution < 1.29 is 5.11 Å². The van der Waals surface area contributed by atoms with Gasteiger partial charge in [-0.1, -0.05) is 12.2 Å². The number of nitrogens with one attached hydrogen (secondary N) is 1. The van der Waals surface area contributed by atoms with Gasteiger partial charge < -0.3 is 10.4 Å². The van der Waals surface area contributed by atoms with Crippen molar-refractivity contribution >= 4 is 11.8 Å². The Balaban J connectivity index is 1.71. The van der Waals surface area contributed by atoms with Crippen LogP contribution in [0.15, 0.2) is 12.2 Å². The fraction of sp³-hybridized carbons (Fsp3) is 0.846. The van der Waals surface area contributed by atoms with E-state index in [-0.39, 0.29) is 0 Å². The monoisotopic (exact) mass is 241 g/mol. The molecule has 3 heteroatoms. The zero-order chi connectivity index (χ0) is 11.4. The van der Waals surface area contributed by atoms with Gasteiger partial charge in [0.25, 0.3) is 0 Å². The predicted octanol–water partition coefficient (Wildman–Crippen LogP) is 1.90. The van der Waals surface area contributed by atoms with Crippen LogP contribution in [0.5, 0.6) is 0 Å². The van der Waals surface area contributed by atoms with Crippen LogP contribution in [0.25, 0.3) is 0 Å². The lowest BCUT2D eigenvalue weighted by molar-refractivity contribution is 0.265. The van der Waals surface area contributed by atoms with Gasteiger partial charge in [-0.2, -0.15) is 11.8 Å². The molecule has 0 saturated heterocycles. The van der Waals surface area contributed by atoms with Crippen molar-refractivity contribution in [2.24, 2.45) is 17.8 Å². The van der Waals surface area contributed by atoms with Crippen molar-refractivity contribution in [3.05, 3.63) is 12.2 Å². The second kappa shape index (κ2) is 6.08. The van der Waals surface area contributed by atoms with Gasteiger partial charge in [0.1, 0.15) is 0 Å². The van der Waals surface area contributed by atoms with Crippen LogP contribution in [-0.2, 0) is 0 Å². The third kappa shape index (κ3) is 3.02.